The number of rotatable bonds is 7. The third kappa shape index (κ3) is 4.45. The molecule has 3 aromatic carbocycles. The van der Waals surface area contributed by atoms with E-state index in [0.717, 1.165) is 12.1 Å². The van der Waals surface area contributed by atoms with Crippen molar-refractivity contribution in [2.45, 2.75) is 23.8 Å². The standard InChI is InChI=1S/C22H18ClFN4O5S/c1-11(14-6-2-4-12-5-3-7-16(24)18(12)14)19(21-26-27-22(30)33-21)28-34(31,32)17-9-8-13(23)10-15(17)20(25)29/h2-11,19,28H,1H3,(H2,25,29)(H,27,30). The van der Waals surface area contributed by atoms with E-state index in [4.69, 9.17) is 21.8 Å². The van der Waals surface area contributed by atoms with Crippen LogP contribution in [0.25, 0.3) is 10.8 Å². The Morgan fingerprint density at radius 1 is 1.21 bits per heavy atom. The Morgan fingerprint density at radius 2 is 1.91 bits per heavy atom. The van der Waals surface area contributed by atoms with Crippen LogP contribution in [0.3, 0.4) is 0 Å². The molecule has 176 valence electrons. The Labute approximate surface area is 197 Å². The molecule has 1 amide bonds. The molecule has 0 saturated heterocycles. The highest BCUT2D eigenvalue weighted by atomic mass is 35.5. The maximum atomic E-state index is 14.8. The fourth-order valence-electron chi connectivity index (χ4n) is 3.78. The van der Waals surface area contributed by atoms with Gasteiger partial charge in [0.05, 0.1) is 10.5 Å². The number of carbonyl (C=O) groups excluding carboxylic acids is 1. The number of amides is 1. The van der Waals surface area contributed by atoms with Crippen LogP contribution in [0.4, 0.5) is 4.39 Å². The normalized spacial score (nSPS) is 13.6. The number of sulfonamides is 1. The van der Waals surface area contributed by atoms with Crippen LogP contribution in [0, 0.1) is 5.82 Å². The predicted octanol–water partition coefficient (Wildman–Crippen LogP) is 3.23. The number of carbonyl (C=O) groups is 1. The second-order valence-corrected chi connectivity index (χ2v) is 9.65. The van der Waals surface area contributed by atoms with Crippen LogP contribution in [0.15, 0.2) is 68.7 Å². The Kier molecular flexibility index (Phi) is 6.26. The molecule has 0 aliphatic heterocycles. The van der Waals surface area contributed by atoms with E-state index in [-0.39, 0.29) is 21.9 Å². The van der Waals surface area contributed by atoms with Crippen LogP contribution in [0.2, 0.25) is 5.02 Å². The van der Waals surface area contributed by atoms with Gasteiger partial charge in [-0.1, -0.05) is 48.9 Å². The number of primary amides is 1. The van der Waals surface area contributed by atoms with Gasteiger partial charge >= 0.3 is 5.76 Å². The van der Waals surface area contributed by atoms with Gasteiger partial charge < -0.3 is 10.2 Å². The lowest BCUT2D eigenvalue weighted by Crippen LogP contribution is -2.33. The molecule has 0 aliphatic rings. The van der Waals surface area contributed by atoms with Gasteiger partial charge in [-0.25, -0.2) is 22.7 Å². The van der Waals surface area contributed by atoms with Gasteiger partial charge in [0.2, 0.25) is 21.8 Å². The number of nitrogens with two attached hydrogens (primary N) is 1. The summed E-state index contributed by atoms with van der Waals surface area (Å²) < 4.78 is 48.9. The highest BCUT2D eigenvalue weighted by molar-refractivity contribution is 7.89. The number of benzene rings is 3. The summed E-state index contributed by atoms with van der Waals surface area (Å²) in [5.41, 5.74) is 5.46. The predicted molar refractivity (Wildman–Crippen MR) is 122 cm³/mol. The molecule has 0 fully saturated rings. The van der Waals surface area contributed by atoms with Crippen molar-refractivity contribution in [3.63, 3.8) is 0 Å². The summed E-state index contributed by atoms with van der Waals surface area (Å²) in [5, 5.41) is 6.87. The van der Waals surface area contributed by atoms with E-state index in [1.165, 1.54) is 12.1 Å². The molecule has 1 aromatic heterocycles. The molecule has 0 spiro atoms. The van der Waals surface area contributed by atoms with E-state index in [9.17, 15) is 22.4 Å². The summed E-state index contributed by atoms with van der Waals surface area (Å²) in [5.74, 6) is -3.45. The average molecular weight is 505 g/mol. The Morgan fingerprint density at radius 3 is 2.56 bits per heavy atom. The SMILES string of the molecule is CC(c1cccc2cccc(F)c12)C(NS(=O)(=O)c1ccc(Cl)cc1C(N)=O)c1n[nH]c(=O)o1. The Hall–Kier alpha value is -3.54. The largest absolute Gasteiger partial charge is 0.434 e. The zero-order valence-electron chi connectivity index (χ0n) is 17.6. The molecule has 1 heterocycles. The lowest BCUT2D eigenvalue weighted by atomic mass is 9.89. The van der Waals surface area contributed by atoms with Gasteiger partial charge in [0.25, 0.3) is 0 Å². The Balaban J connectivity index is 1.85. The van der Waals surface area contributed by atoms with E-state index < -0.39 is 44.4 Å². The summed E-state index contributed by atoms with van der Waals surface area (Å²) in [6, 6.07) is 11.9. The molecule has 0 bridgehead atoms. The monoisotopic (exact) mass is 504 g/mol. The average Bonchev–Trinajstić information content (AvgIpc) is 3.22. The Bertz CT molecular complexity index is 1560. The van der Waals surface area contributed by atoms with Gasteiger partial charge in [-0.2, -0.15) is 4.72 Å². The van der Waals surface area contributed by atoms with Gasteiger partial charge in [0.15, 0.2) is 0 Å². The van der Waals surface area contributed by atoms with Gasteiger partial charge in [-0.05, 0) is 35.2 Å². The first-order valence-corrected chi connectivity index (χ1v) is 11.8. The molecule has 4 aromatic rings. The molecule has 0 saturated carbocycles. The van der Waals surface area contributed by atoms with Crippen LogP contribution in [-0.2, 0) is 10.0 Å². The van der Waals surface area contributed by atoms with Crippen molar-refractivity contribution in [1.82, 2.24) is 14.9 Å². The number of H-pyrrole nitrogens is 1. The van der Waals surface area contributed by atoms with Crippen molar-refractivity contribution in [1.29, 1.82) is 0 Å². The molecule has 2 atom stereocenters. The van der Waals surface area contributed by atoms with Crippen LogP contribution in [0.5, 0.6) is 0 Å². The fraction of sp³-hybridized carbons (Fsp3) is 0.136. The topological polar surface area (TPSA) is 148 Å². The number of hydrogen-bond donors (Lipinski definition) is 3. The first kappa shape index (κ1) is 23.6. The van der Waals surface area contributed by atoms with E-state index in [0.29, 0.717) is 10.9 Å². The van der Waals surface area contributed by atoms with Gasteiger partial charge in [0, 0.05) is 16.3 Å². The molecular weight excluding hydrogens is 487 g/mol. The molecule has 4 N–H and O–H groups in total. The summed E-state index contributed by atoms with van der Waals surface area (Å²) in [7, 11) is -4.43. The van der Waals surface area contributed by atoms with Crippen LogP contribution >= 0.6 is 11.6 Å². The maximum Gasteiger partial charge on any atom is 0.434 e. The van der Waals surface area contributed by atoms with Crippen molar-refractivity contribution in [3.05, 3.63) is 93.0 Å². The molecule has 0 radical (unpaired) electrons. The number of nitrogens with zero attached hydrogens (tertiary/aromatic N) is 1. The van der Waals surface area contributed by atoms with E-state index in [1.807, 2.05) is 0 Å². The summed E-state index contributed by atoms with van der Waals surface area (Å²) in [4.78, 5) is 23.1. The summed E-state index contributed by atoms with van der Waals surface area (Å²) >= 11 is 5.89. The quantitative estimate of drug-likeness (QED) is 0.352. The van der Waals surface area contributed by atoms with E-state index >= 15 is 0 Å². The highest BCUT2D eigenvalue weighted by Gasteiger charge is 2.33. The molecule has 4 rings (SSSR count). The van der Waals surface area contributed by atoms with Crippen LogP contribution < -0.4 is 16.2 Å². The third-order valence-corrected chi connectivity index (χ3v) is 7.11. The lowest BCUT2D eigenvalue weighted by molar-refractivity contribution is 0.0997. The first-order chi connectivity index (χ1) is 16.1. The molecule has 9 nitrogen and oxygen atoms in total. The minimum absolute atomic E-state index is 0.113. The molecule has 2 unspecified atom stereocenters. The van der Waals surface area contributed by atoms with Crippen molar-refractivity contribution in [2.75, 3.05) is 0 Å². The number of fused-ring (bicyclic) bond motifs is 1. The number of aromatic amines is 1. The third-order valence-electron chi connectivity index (χ3n) is 5.38. The van der Waals surface area contributed by atoms with Crippen molar-refractivity contribution in [3.8, 4) is 0 Å². The smallest absolute Gasteiger partial charge is 0.391 e. The van der Waals surface area contributed by atoms with Crippen molar-refractivity contribution in [2.24, 2.45) is 5.73 Å². The van der Waals surface area contributed by atoms with Gasteiger partial charge in [-0.3, -0.25) is 4.79 Å². The van der Waals surface area contributed by atoms with Gasteiger partial charge in [0.1, 0.15) is 11.9 Å². The van der Waals surface area contributed by atoms with Gasteiger partial charge in [-0.15, -0.1) is 5.10 Å². The highest BCUT2D eigenvalue weighted by Crippen LogP contribution is 2.36. The zero-order valence-corrected chi connectivity index (χ0v) is 19.2. The fourth-order valence-corrected chi connectivity index (χ4v) is 5.42. The number of halogens is 2. The molecule has 34 heavy (non-hydrogen) atoms. The molecule has 0 aliphatic carbocycles. The second kappa shape index (κ2) is 9.01. The van der Waals surface area contributed by atoms with E-state index in [2.05, 4.69) is 14.9 Å². The van der Waals surface area contributed by atoms with Crippen molar-refractivity contribution >= 4 is 38.3 Å². The minimum atomic E-state index is -4.43. The first-order valence-electron chi connectivity index (χ1n) is 9.92. The van der Waals surface area contributed by atoms with Crippen LogP contribution in [0.1, 0.15) is 40.7 Å². The second-order valence-electron chi connectivity index (χ2n) is 7.53. The van der Waals surface area contributed by atoms with Crippen LogP contribution in [-0.4, -0.2) is 24.5 Å². The lowest BCUT2D eigenvalue weighted by Gasteiger charge is -2.24. The summed E-state index contributed by atoms with van der Waals surface area (Å²) in [6.45, 7) is 1.62. The number of aromatic nitrogens is 2. The number of hydrogen-bond acceptors (Lipinski definition) is 6. The zero-order chi connectivity index (χ0) is 24.6. The number of nitrogens with one attached hydrogen (secondary N) is 2. The summed E-state index contributed by atoms with van der Waals surface area (Å²) in [6.07, 6.45) is 0. The molecule has 12 heteroatoms. The maximum absolute atomic E-state index is 14.8. The van der Waals surface area contributed by atoms with Crippen molar-refractivity contribution < 1.29 is 22.0 Å². The minimum Gasteiger partial charge on any atom is -0.391 e. The van der Waals surface area contributed by atoms with E-state index in [1.54, 1.807) is 37.3 Å². The molecular formula is C22H18ClFN4O5S.